The van der Waals surface area contributed by atoms with Crippen molar-refractivity contribution in [3.63, 3.8) is 0 Å². The van der Waals surface area contributed by atoms with E-state index in [4.69, 9.17) is 16.8 Å². The molecule has 1 aliphatic carbocycles. The Kier molecular flexibility index (Phi) is 3.23. The van der Waals surface area contributed by atoms with Crippen molar-refractivity contribution in [2.24, 2.45) is 0 Å². The summed E-state index contributed by atoms with van der Waals surface area (Å²) >= 11 is 0. The highest BCUT2D eigenvalue weighted by atomic mass is 15.1. The molecule has 2 heterocycles. The molecule has 0 unspecified atom stereocenters. The van der Waals surface area contributed by atoms with E-state index in [1.807, 2.05) is 34.9 Å². The molecule has 39 heavy (non-hydrogen) atoms. The van der Waals surface area contributed by atoms with E-state index in [-0.39, 0.29) is 23.3 Å². The zero-order valence-corrected chi connectivity index (χ0v) is 20.6. The first-order valence-electron chi connectivity index (χ1n) is 15.4. The molecule has 0 bridgehead atoms. The molecule has 0 spiro atoms. The predicted molar refractivity (Wildman–Crippen MR) is 161 cm³/mol. The molecular weight excluding hydrogens is 474 g/mol. The lowest BCUT2D eigenvalue weighted by atomic mass is 9.93. The van der Waals surface area contributed by atoms with Gasteiger partial charge in [-0.25, -0.2) is 9.97 Å². The lowest BCUT2D eigenvalue weighted by molar-refractivity contribution is 1.08. The van der Waals surface area contributed by atoms with Crippen LogP contribution in [0.5, 0.6) is 0 Å². The Labute approximate surface area is 231 Å². The second-order valence-electron chi connectivity index (χ2n) is 9.83. The minimum atomic E-state index is -0.444. The normalized spacial score (nSPS) is 13.9. The largest absolute Gasteiger partial charge is 0.292 e. The predicted octanol–water partition coefficient (Wildman–Crippen LogP) is 9.19. The maximum atomic E-state index is 8.84. The van der Waals surface area contributed by atoms with Gasteiger partial charge in [-0.05, 0) is 57.3 Å². The molecule has 0 amide bonds. The van der Waals surface area contributed by atoms with E-state index in [9.17, 15) is 0 Å². The van der Waals surface area contributed by atoms with Crippen LogP contribution in [0.4, 0.5) is 0 Å². The number of fused-ring (bicyclic) bond motifs is 4. The number of para-hydroxylation sites is 2. The second kappa shape index (κ2) is 7.62. The highest BCUT2D eigenvalue weighted by molar-refractivity contribution is 6.30. The summed E-state index contributed by atoms with van der Waals surface area (Å²) in [5, 5.41) is 4.43. The molecule has 9 rings (SSSR count). The van der Waals surface area contributed by atoms with Crippen LogP contribution in [0.2, 0.25) is 0 Å². The molecule has 2 aromatic heterocycles. The van der Waals surface area contributed by atoms with Crippen LogP contribution < -0.4 is 0 Å². The second-order valence-corrected chi connectivity index (χ2v) is 9.83. The topological polar surface area (TPSA) is 30.7 Å². The Morgan fingerprint density at radius 2 is 1.15 bits per heavy atom. The zero-order chi connectivity index (χ0) is 29.9. The van der Waals surface area contributed by atoms with Gasteiger partial charge in [0, 0.05) is 16.3 Å². The molecule has 1 aliphatic rings. The molecule has 0 saturated heterocycles. The average molecular weight is 501 g/mol. The fraction of sp³-hybridized carbons (Fsp3) is 0. The van der Waals surface area contributed by atoms with Crippen LogP contribution in [0.25, 0.3) is 82.9 Å². The van der Waals surface area contributed by atoms with Gasteiger partial charge in [0.2, 0.25) is 0 Å². The van der Waals surface area contributed by atoms with Crippen molar-refractivity contribution in [2.75, 3.05) is 0 Å². The molecule has 0 fully saturated rings. The molecule has 3 nitrogen and oxygen atoms in total. The smallest absolute Gasteiger partial charge is 0.165 e. The first kappa shape index (κ1) is 16.5. The van der Waals surface area contributed by atoms with Crippen molar-refractivity contribution in [2.45, 2.75) is 0 Å². The van der Waals surface area contributed by atoms with E-state index in [1.165, 1.54) is 5.56 Å². The quantitative estimate of drug-likeness (QED) is 0.237. The van der Waals surface area contributed by atoms with Gasteiger partial charge in [0.15, 0.2) is 5.82 Å². The molecule has 0 radical (unpaired) electrons. The Hall–Kier alpha value is -5.28. The van der Waals surface area contributed by atoms with E-state index < -0.39 is 18.1 Å². The fourth-order valence-electron chi connectivity index (χ4n) is 6.24. The van der Waals surface area contributed by atoms with Crippen molar-refractivity contribution < 1.29 is 6.85 Å². The summed E-state index contributed by atoms with van der Waals surface area (Å²) in [6.45, 7) is 0. The van der Waals surface area contributed by atoms with Crippen molar-refractivity contribution in [1.29, 1.82) is 0 Å². The standard InChI is InChI=1S/C36H21N3/c1-2-10-23(11-3-1)35-36(38-29-18-7-6-17-28(29)37-35)39-30-19-9-16-27-25-14-5-4-13-24(25)26-15-8-12-22-20-21-31(39)34(32(22)26)33(27)30/h1-21H/i1D,2D,3D,10D,11D. The molecule has 0 aliphatic heterocycles. The van der Waals surface area contributed by atoms with Crippen molar-refractivity contribution >= 4 is 43.6 Å². The van der Waals surface area contributed by atoms with Crippen molar-refractivity contribution in [1.82, 2.24) is 14.5 Å². The number of hydrogen-bond donors (Lipinski definition) is 0. The summed E-state index contributed by atoms with van der Waals surface area (Å²) in [7, 11) is 0. The average Bonchev–Trinajstić information content (AvgIpc) is 3.34. The summed E-state index contributed by atoms with van der Waals surface area (Å²) < 4.78 is 44.7. The van der Waals surface area contributed by atoms with Gasteiger partial charge in [0.25, 0.3) is 0 Å². The number of aromatic nitrogens is 3. The number of benzene rings is 6. The maximum absolute atomic E-state index is 8.84. The van der Waals surface area contributed by atoms with Crippen LogP contribution in [-0.2, 0) is 0 Å². The summed E-state index contributed by atoms with van der Waals surface area (Å²) in [6.07, 6.45) is 0. The third-order valence-corrected chi connectivity index (χ3v) is 7.81. The van der Waals surface area contributed by atoms with Crippen molar-refractivity contribution in [3.8, 4) is 39.3 Å². The first-order chi connectivity index (χ1) is 21.4. The highest BCUT2D eigenvalue weighted by Gasteiger charge is 2.26. The highest BCUT2D eigenvalue weighted by Crippen LogP contribution is 2.49. The summed E-state index contributed by atoms with van der Waals surface area (Å²) in [4.78, 5) is 10.1. The lowest BCUT2D eigenvalue weighted by Gasteiger charge is -2.15. The molecular formula is C36H21N3. The molecule has 180 valence electrons. The van der Waals surface area contributed by atoms with E-state index in [2.05, 4.69) is 66.7 Å². The summed E-state index contributed by atoms with van der Waals surface area (Å²) in [6, 6.07) is 30.9. The lowest BCUT2D eigenvalue weighted by Crippen LogP contribution is -2.03. The Morgan fingerprint density at radius 3 is 1.95 bits per heavy atom. The van der Waals surface area contributed by atoms with Crippen LogP contribution in [0.1, 0.15) is 6.85 Å². The van der Waals surface area contributed by atoms with Crippen molar-refractivity contribution in [3.05, 3.63) is 127 Å². The Balaban J connectivity index is 1.52. The number of rotatable bonds is 2. The molecule has 8 aromatic rings. The van der Waals surface area contributed by atoms with E-state index in [1.54, 1.807) is 0 Å². The van der Waals surface area contributed by atoms with Crippen LogP contribution in [-0.4, -0.2) is 14.5 Å². The minimum Gasteiger partial charge on any atom is -0.292 e. The van der Waals surface area contributed by atoms with Gasteiger partial charge in [-0.3, -0.25) is 4.57 Å². The van der Waals surface area contributed by atoms with Crippen LogP contribution >= 0.6 is 0 Å². The van der Waals surface area contributed by atoms with Gasteiger partial charge in [-0.15, -0.1) is 0 Å². The molecule has 6 aromatic carbocycles. The van der Waals surface area contributed by atoms with Gasteiger partial charge in [0.1, 0.15) is 5.69 Å². The van der Waals surface area contributed by atoms with E-state index in [0.717, 1.165) is 49.3 Å². The van der Waals surface area contributed by atoms with Gasteiger partial charge in [-0.1, -0.05) is 103 Å². The van der Waals surface area contributed by atoms with Gasteiger partial charge >= 0.3 is 0 Å². The van der Waals surface area contributed by atoms with Crippen LogP contribution in [0.3, 0.4) is 0 Å². The van der Waals surface area contributed by atoms with Gasteiger partial charge in [-0.2, -0.15) is 0 Å². The fourth-order valence-corrected chi connectivity index (χ4v) is 6.24. The SMILES string of the molecule is [2H]c1c([2H])c([2H])c(-c2nc3ccccc3nc2-n2c3cccc4c3c3c5c(cccc5ccc32)-c2ccccc2-4)c([2H])c1[2H]. The number of nitrogens with zero attached hydrogens (tertiary/aromatic N) is 3. The van der Waals surface area contributed by atoms with Crippen LogP contribution in [0.15, 0.2) is 127 Å². The van der Waals surface area contributed by atoms with E-state index in [0.29, 0.717) is 16.9 Å². The molecule has 0 saturated carbocycles. The maximum Gasteiger partial charge on any atom is 0.165 e. The third kappa shape index (κ3) is 2.76. The Morgan fingerprint density at radius 1 is 0.513 bits per heavy atom. The van der Waals surface area contributed by atoms with E-state index >= 15 is 0 Å². The minimum absolute atomic E-state index is 0.0225. The van der Waals surface area contributed by atoms with Gasteiger partial charge < -0.3 is 0 Å². The number of hydrogen-bond acceptors (Lipinski definition) is 2. The molecule has 0 N–H and O–H groups in total. The Bertz CT molecular complexity index is 2540. The zero-order valence-electron chi connectivity index (χ0n) is 25.6. The summed E-state index contributed by atoms with van der Waals surface area (Å²) in [5.74, 6) is 0.407. The first-order valence-corrected chi connectivity index (χ1v) is 12.9. The summed E-state index contributed by atoms with van der Waals surface area (Å²) in [5.41, 5.74) is 7.82. The molecule has 3 heteroatoms. The van der Waals surface area contributed by atoms with Gasteiger partial charge in [0.05, 0.1) is 28.9 Å². The molecule has 0 atom stereocenters. The third-order valence-electron chi connectivity index (χ3n) is 7.81. The monoisotopic (exact) mass is 500 g/mol. The van der Waals surface area contributed by atoms with Crippen LogP contribution in [0, 0.1) is 0 Å².